The number of fused-ring (bicyclic) bond motifs is 1. The van der Waals surface area contributed by atoms with Gasteiger partial charge in [-0.15, -0.1) is 5.10 Å². The van der Waals surface area contributed by atoms with Crippen LogP contribution in [0.1, 0.15) is 59.6 Å². The average Bonchev–Trinajstić information content (AvgIpc) is 3.13. The zero-order chi connectivity index (χ0) is 23.3. The summed E-state index contributed by atoms with van der Waals surface area (Å²) in [5, 5.41) is 8.56. The van der Waals surface area contributed by atoms with E-state index in [2.05, 4.69) is 22.3 Å². The van der Waals surface area contributed by atoms with Gasteiger partial charge in [0, 0.05) is 5.70 Å². The van der Waals surface area contributed by atoms with Crippen LogP contribution in [0, 0.1) is 0 Å². The quantitative estimate of drug-likeness (QED) is 0.399. The van der Waals surface area contributed by atoms with Gasteiger partial charge in [-0.1, -0.05) is 31.7 Å². The molecule has 0 saturated carbocycles. The summed E-state index contributed by atoms with van der Waals surface area (Å²) in [7, 11) is 0. The van der Waals surface area contributed by atoms with Crippen LogP contribution in [0.4, 0.5) is 5.95 Å². The van der Waals surface area contributed by atoms with Crippen LogP contribution < -0.4 is 14.8 Å². The van der Waals surface area contributed by atoms with E-state index in [1.165, 1.54) is 0 Å². The second-order valence-electron chi connectivity index (χ2n) is 7.60. The molecular weight excluding hydrogens is 428 g/mol. The number of carbonyl (C=O) groups excluding carboxylic acids is 1. The molecule has 1 aliphatic heterocycles. The number of nitrogens with one attached hydrogen (secondary N) is 1. The number of nitrogens with zero attached hydrogens (tertiary/aromatic N) is 3. The third-order valence-corrected chi connectivity index (χ3v) is 5.43. The Balaban J connectivity index is 2.12. The van der Waals surface area contributed by atoms with E-state index in [0.717, 1.165) is 17.7 Å². The van der Waals surface area contributed by atoms with Gasteiger partial charge >= 0.3 is 5.97 Å². The fourth-order valence-corrected chi connectivity index (χ4v) is 4.02. The van der Waals surface area contributed by atoms with Gasteiger partial charge in [0.15, 0.2) is 11.5 Å². The van der Waals surface area contributed by atoms with Crippen LogP contribution in [-0.2, 0) is 9.53 Å². The van der Waals surface area contributed by atoms with Crippen molar-refractivity contribution < 1.29 is 19.0 Å². The van der Waals surface area contributed by atoms with Crippen molar-refractivity contribution in [2.45, 2.75) is 65.3 Å². The molecule has 2 heterocycles. The summed E-state index contributed by atoms with van der Waals surface area (Å²) >= 11 is 1.55. The SMILES string of the molecule is CCCOc1ccc(C2C(C(=O)OC(C)C)=C(C)Nc3nc(SCC)nn32)cc1OCC. The molecule has 0 bridgehead atoms. The molecule has 3 rings (SSSR count). The molecule has 1 aliphatic rings. The van der Waals surface area contributed by atoms with E-state index in [4.69, 9.17) is 14.2 Å². The van der Waals surface area contributed by atoms with Crippen molar-refractivity contribution in [3.05, 3.63) is 35.0 Å². The zero-order valence-electron chi connectivity index (χ0n) is 19.6. The van der Waals surface area contributed by atoms with E-state index in [-0.39, 0.29) is 12.1 Å². The number of allylic oxidation sites excluding steroid dienone is 1. The van der Waals surface area contributed by atoms with E-state index in [1.54, 1.807) is 16.4 Å². The Morgan fingerprint density at radius 3 is 2.66 bits per heavy atom. The maximum Gasteiger partial charge on any atom is 0.338 e. The van der Waals surface area contributed by atoms with Crippen molar-refractivity contribution in [1.29, 1.82) is 0 Å². The summed E-state index contributed by atoms with van der Waals surface area (Å²) in [6, 6.07) is 5.24. The first-order valence-electron chi connectivity index (χ1n) is 11.1. The Kier molecular flexibility index (Phi) is 8.06. The summed E-state index contributed by atoms with van der Waals surface area (Å²) in [6.45, 7) is 12.7. The number of ether oxygens (including phenoxy) is 3. The standard InChI is InChI=1S/C23H32N4O4S/c1-7-12-30-17-11-10-16(13-18(17)29-8-2)20-19(21(28)31-14(4)5)15(6)24-22-25-23(32-9-3)26-27(20)22/h10-11,13-14,20H,7-9,12H2,1-6H3,(H,24,25,26). The molecule has 2 aromatic rings. The summed E-state index contributed by atoms with van der Waals surface area (Å²) in [4.78, 5) is 17.7. The van der Waals surface area contributed by atoms with E-state index in [0.29, 0.717) is 47.1 Å². The number of carbonyl (C=O) groups is 1. The van der Waals surface area contributed by atoms with Gasteiger partial charge in [0.1, 0.15) is 6.04 Å². The van der Waals surface area contributed by atoms with Crippen LogP contribution in [-0.4, -0.2) is 45.8 Å². The Morgan fingerprint density at radius 1 is 1.22 bits per heavy atom. The number of anilines is 1. The highest BCUT2D eigenvalue weighted by atomic mass is 32.2. The molecule has 1 N–H and O–H groups in total. The van der Waals surface area contributed by atoms with Gasteiger partial charge in [-0.2, -0.15) is 4.98 Å². The third-order valence-electron chi connectivity index (χ3n) is 4.71. The largest absolute Gasteiger partial charge is 0.490 e. The Morgan fingerprint density at radius 2 is 2.00 bits per heavy atom. The van der Waals surface area contributed by atoms with Gasteiger partial charge in [0.2, 0.25) is 11.1 Å². The fraction of sp³-hybridized carbons (Fsp3) is 0.522. The van der Waals surface area contributed by atoms with Crippen LogP contribution in [0.15, 0.2) is 34.6 Å². The first-order valence-corrected chi connectivity index (χ1v) is 12.1. The summed E-state index contributed by atoms with van der Waals surface area (Å²) in [5.74, 6) is 2.37. The van der Waals surface area contributed by atoms with Gasteiger partial charge in [0.05, 0.1) is 24.9 Å². The molecule has 1 atom stereocenters. The van der Waals surface area contributed by atoms with Crippen LogP contribution in [0.5, 0.6) is 11.5 Å². The number of benzene rings is 1. The van der Waals surface area contributed by atoms with Crippen LogP contribution >= 0.6 is 11.8 Å². The molecule has 1 aromatic heterocycles. The van der Waals surface area contributed by atoms with Gasteiger partial charge in [-0.3, -0.25) is 0 Å². The topological polar surface area (TPSA) is 87.5 Å². The first kappa shape index (κ1) is 24.0. The molecule has 32 heavy (non-hydrogen) atoms. The fourth-order valence-electron chi connectivity index (χ4n) is 3.47. The average molecular weight is 461 g/mol. The summed E-state index contributed by atoms with van der Waals surface area (Å²) in [5.41, 5.74) is 2.03. The number of thioether (sulfide) groups is 1. The molecular formula is C23H32N4O4S. The van der Waals surface area contributed by atoms with Gasteiger partial charge < -0.3 is 19.5 Å². The monoisotopic (exact) mass is 460 g/mol. The molecule has 0 aliphatic carbocycles. The molecule has 0 fully saturated rings. The maximum absolute atomic E-state index is 13.1. The highest BCUT2D eigenvalue weighted by Gasteiger charge is 2.36. The second kappa shape index (κ2) is 10.8. The Bertz CT molecular complexity index is 986. The van der Waals surface area contributed by atoms with Crippen molar-refractivity contribution >= 4 is 23.7 Å². The summed E-state index contributed by atoms with van der Waals surface area (Å²) in [6.07, 6.45) is 0.658. The number of aromatic nitrogens is 3. The van der Waals surface area contributed by atoms with E-state index in [9.17, 15) is 4.79 Å². The molecule has 174 valence electrons. The lowest BCUT2D eigenvalue weighted by molar-refractivity contribution is -0.143. The highest BCUT2D eigenvalue weighted by Crippen LogP contribution is 2.40. The number of esters is 1. The molecule has 0 saturated heterocycles. The van der Waals surface area contributed by atoms with E-state index >= 15 is 0 Å². The molecule has 1 unspecified atom stereocenters. The van der Waals surface area contributed by atoms with E-state index < -0.39 is 6.04 Å². The number of hydrogen-bond acceptors (Lipinski definition) is 8. The zero-order valence-corrected chi connectivity index (χ0v) is 20.4. The van der Waals surface area contributed by atoms with Crippen molar-refractivity contribution in [1.82, 2.24) is 14.8 Å². The van der Waals surface area contributed by atoms with Gasteiger partial charge in [0.25, 0.3) is 0 Å². The highest BCUT2D eigenvalue weighted by molar-refractivity contribution is 7.99. The lowest BCUT2D eigenvalue weighted by Crippen LogP contribution is -2.30. The lowest BCUT2D eigenvalue weighted by Gasteiger charge is -2.29. The minimum atomic E-state index is -0.504. The Hall–Kier alpha value is -2.68. The van der Waals surface area contributed by atoms with Crippen molar-refractivity contribution in [3.63, 3.8) is 0 Å². The third kappa shape index (κ3) is 5.20. The van der Waals surface area contributed by atoms with Crippen LogP contribution in [0.3, 0.4) is 0 Å². The Labute approximate surface area is 193 Å². The second-order valence-corrected chi connectivity index (χ2v) is 8.83. The predicted octanol–water partition coefficient (Wildman–Crippen LogP) is 4.82. The maximum atomic E-state index is 13.1. The van der Waals surface area contributed by atoms with Crippen LogP contribution in [0.25, 0.3) is 0 Å². The van der Waals surface area contributed by atoms with Crippen LogP contribution in [0.2, 0.25) is 0 Å². The molecule has 0 amide bonds. The van der Waals surface area contributed by atoms with Crippen molar-refractivity contribution in [2.24, 2.45) is 0 Å². The molecule has 1 aromatic carbocycles. The first-order chi connectivity index (χ1) is 15.4. The summed E-state index contributed by atoms with van der Waals surface area (Å²) < 4.78 is 19.0. The predicted molar refractivity (Wildman–Crippen MR) is 126 cm³/mol. The molecule has 9 heteroatoms. The molecule has 8 nitrogen and oxygen atoms in total. The number of rotatable bonds is 10. The minimum Gasteiger partial charge on any atom is -0.490 e. The van der Waals surface area contributed by atoms with Crippen molar-refractivity contribution in [3.8, 4) is 11.5 Å². The lowest BCUT2D eigenvalue weighted by atomic mass is 9.95. The normalized spacial score (nSPS) is 15.4. The smallest absolute Gasteiger partial charge is 0.338 e. The van der Waals surface area contributed by atoms with Gasteiger partial charge in [-0.25, -0.2) is 9.48 Å². The number of hydrogen-bond donors (Lipinski definition) is 1. The van der Waals surface area contributed by atoms with Gasteiger partial charge in [-0.05, 0) is 57.6 Å². The minimum absolute atomic E-state index is 0.240. The van der Waals surface area contributed by atoms with Crippen molar-refractivity contribution in [2.75, 3.05) is 24.3 Å². The molecule has 0 radical (unpaired) electrons. The van der Waals surface area contributed by atoms with E-state index in [1.807, 2.05) is 52.8 Å². The molecule has 0 spiro atoms.